The van der Waals surface area contributed by atoms with Crippen molar-refractivity contribution in [3.8, 4) is 0 Å². The lowest BCUT2D eigenvalue weighted by Crippen LogP contribution is -2.33. The van der Waals surface area contributed by atoms with Gasteiger partial charge in [-0.15, -0.1) is 0 Å². The van der Waals surface area contributed by atoms with Gasteiger partial charge in [0.15, 0.2) is 0 Å². The summed E-state index contributed by atoms with van der Waals surface area (Å²) in [5.74, 6) is 0. The van der Waals surface area contributed by atoms with Crippen LogP contribution in [0.5, 0.6) is 0 Å². The molecule has 120 valence electrons. The highest BCUT2D eigenvalue weighted by Crippen LogP contribution is 2.19. The molecule has 1 rings (SSSR count). The molecule has 1 unspecified atom stereocenters. The predicted molar refractivity (Wildman–Crippen MR) is 87.9 cm³/mol. The highest BCUT2D eigenvalue weighted by atomic mass is 32.2. The van der Waals surface area contributed by atoms with Crippen molar-refractivity contribution in [2.75, 3.05) is 6.54 Å². The summed E-state index contributed by atoms with van der Waals surface area (Å²) in [6, 6.07) is 5.43. The van der Waals surface area contributed by atoms with Crippen LogP contribution < -0.4 is 10.0 Å². The zero-order valence-electron chi connectivity index (χ0n) is 13.6. The van der Waals surface area contributed by atoms with E-state index in [9.17, 15) is 8.42 Å². The third kappa shape index (κ3) is 5.41. The zero-order chi connectivity index (χ0) is 15.9. The Labute approximate surface area is 129 Å². The van der Waals surface area contributed by atoms with Crippen molar-refractivity contribution in [2.24, 2.45) is 0 Å². The number of rotatable bonds is 9. The quantitative estimate of drug-likeness (QED) is 0.737. The number of sulfonamides is 1. The van der Waals surface area contributed by atoms with Crippen molar-refractivity contribution in [1.29, 1.82) is 0 Å². The van der Waals surface area contributed by atoms with E-state index in [0.29, 0.717) is 11.4 Å². The van der Waals surface area contributed by atoms with E-state index in [1.165, 1.54) is 0 Å². The molecule has 0 bridgehead atoms. The number of hydrogen-bond acceptors (Lipinski definition) is 3. The van der Waals surface area contributed by atoms with E-state index in [2.05, 4.69) is 17.0 Å². The lowest BCUT2D eigenvalue weighted by Gasteiger charge is -2.17. The Hall–Kier alpha value is -0.910. The molecule has 0 radical (unpaired) electrons. The average Bonchev–Trinajstić information content (AvgIpc) is 2.43. The largest absolute Gasteiger partial charge is 0.313 e. The van der Waals surface area contributed by atoms with Gasteiger partial charge in [-0.25, -0.2) is 13.1 Å². The number of nitrogens with one attached hydrogen (secondary N) is 2. The molecule has 5 heteroatoms. The van der Waals surface area contributed by atoms with E-state index in [0.717, 1.165) is 36.9 Å². The molecule has 0 aliphatic heterocycles. The Bertz CT molecular complexity index is 541. The van der Waals surface area contributed by atoms with Gasteiger partial charge in [0.05, 0.1) is 4.90 Å². The smallest absolute Gasteiger partial charge is 0.241 e. The highest BCUT2D eigenvalue weighted by molar-refractivity contribution is 7.89. The Morgan fingerprint density at radius 1 is 1.24 bits per heavy atom. The van der Waals surface area contributed by atoms with Crippen molar-refractivity contribution in [2.45, 2.75) is 64.4 Å². The average molecular weight is 312 g/mol. The van der Waals surface area contributed by atoms with Gasteiger partial charge in [0.25, 0.3) is 0 Å². The van der Waals surface area contributed by atoms with E-state index < -0.39 is 10.0 Å². The molecule has 0 aliphatic rings. The fraction of sp³-hybridized carbons (Fsp3) is 0.625. The summed E-state index contributed by atoms with van der Waals surface area (Å²) in [6.45, 7) is 9.49. The molecule has 0 heterocycles. The topological polar surface area (TPSA) is 58.2 Å². The third-order valence-electron chi connectivity index (χ3n) is 3.60. The monoisotopic (exact) mass is 312 g/mol. The Kier molecular flexibility index (Phi) is 7.35. The van der Waals surface area contributed by atoms with Crippen molar-refractivity contribution < 1.29 is 8.42 Å². The van der Waals surface area contributed by atoms with Crippen LogP contribution in [0.2, 0.25) is 0 Å². The first-order valence-electron chi connectivity index (χ1n) is 7.73. The summed E-state index contributed by atoms with van der Waals surface area (Å²) in [4.78, 5) is 0.390. The van der Waals surface area contributed by atoms with E-state index in [1.807, 2.05) is 32.9 Å². The maximum atomic E-state index is 12.5. The van der Waals surface area contributed by atoms with Crippen molar-refractivity contribution >= 4 is 10.0 Å². The number of benzene rings is 1. The minimum absolute atomic E-state index is 0.0354. The molecule has 0 saturated heterocycles. The molecular weight excluding hydrogens is 284 g/mol. The van der Waals surface area contributed by atoms with Crippen molar-refractivity contribution in [3.05, 3.63) is 29.3 Å². The first kappa shape index (κ1) is 18.1. The predicted octanol–water partition coefficient (Wildman–Crippen LogP) is 2.96. The van der Waals surface area contributed by atoms with Crippen LogP contribution in [-0.4, -0.2) is 21.0 Å². The summed E-state index contributed by atoms with van der Waals surface area (Å²) in [5, 5.41) is 3.24. The van der Waals surface area contributed by atoms with Gasteiger partial charge >= 0.3 is 0 Å². The molecule has 2 N–H and O–H groups in total. The third-order valence-corrected chi connectivity index (χ3v) is 5.33. The Morgan fingerprint density at radius 2 is 1.95 bits per heavy atom. The van der Waals surface area contributed by atoms with Gasteiger partial charge < -0.3 is 5.32 Å². The first-order chi connectivity index (χ1) is 9.92. The van der Waals surface area contributed by atoms with Gasteiger partial charge in [-0.2, -0.15) is 0 Å². The SMILES string of the molecule is CCCCC(C)NS(=O)(=O)c1cccc(CNCC)c1C. The van der Waals surface area contributed by atoms with E-state index in [-0.39, 0.29) is 6.04 Å². The molecule has 0 amide bonds. The van der Waals surface area contributed by atoms with Crippen LogP contribution in [0.3, 0.4) is 0 Å². The van der Waals surface area contributed by atoms with E-state index in [1.54, 1.807) is 6.07 Å². The standard InChI is InChI=1S/C16H28N2O2S/c1-5-7-9-13(3)18-21(19,20)16-11-8-10-15(14(16)4)12-17-6-2/h8,10-11,13,17-18H,5-7,9,12H2,1-4H3. The molecule has 0 spiro atoms. The lowest BCUT2D eigenvalue weighted by molar-refractivity contribution is 0.533. The van der Waals surface area contributed by atoms with Crippen molar-refractivity contribution in [1.82, 2.24) is 10.0 Å². The number of hydrogen-bond donors (Lipinski definition) is 2. The maximum absolute atomic E-state index is 12.5. The van der Waals surface area contributed by atoms with Gasteiger partial charge in [0, 0.05) is 12.6 Å². The minimum atomic E-state index is -3.45. The summed E-state index contributed by atoms with van der Waals surface area (Å²) in [5.41, 5.74) is 1.86. The molecule has 1 aromatic carbocycles. The number of unbranched alkanes of at least 4 members (excludes halogenated alkanes) is 1. The van der Waals surface area contributed by atoms with Crippen LogP contribution in [0.4, 0.5) is 0 Å². The zero-order valence-corrected chi connectivity index (χ0v) is 14.4. The van der Waals surface area contributed by atoms with E-state index in [4.69, 9.17) is 0 Å². The van der Waals surface area contributed by atoms with Crippen LogP contribution in [0.15, 0.2) is 23.1 Å². The summed E-state index contributed by atoms with van der Waals surface area (Å²) >= 11 is 0. The van der Waals surface area contributed by atoms with Gasteiger partial charge in [0.1, 0.15) is 0 Å². The van der Waals surface area contributed by atoms with Gasteiger partial charge in [-0.1, -0.05) is 38.8 Å². The van der Waals surface area contributed by atoms with E-state index >= 15 is 0 Å². The highest BCUT2D eigenvalue weighted by Gasteiger charge is 2.20. The van der Waals surface area contributed by atoms with Gasteiger partial charge in [-0.3, -0.25) is 0 Å². The van der Waals surface area contributed by atoms with Gasteiger partial charge in [-0.05, 0) is 44.0 Å². The second-order valence-electron chi connectivity index (χ2n) is 5.49. The molecule has 0 aromatic heterocycles. The molecule has 4 nitrogen and oxygen atoms in total. The van der Waals surface area contributed by atoms with Gasteiger partial charge in [0.2, 0.25) is 10.0 Å². The molecule has 1 aromatic rings. The fourth-order valence-electron chi connectivity index (χ4n) is 2.30. The Morgan fingerprint density at radius 3 is 2.57 bits per heavy atom. The molecule has 0 aliphatic carbocycles. The Balaban J connectivity index is 2.92. The van der Waals surface area contributed by atoms with Crippen LogP contribution in [-0.2, 0) is 16.6 Å². The first-order valence-corrected chi connectivity index (χ1v) is 9.22. The maximum Gasteiger partial charge on any atom is 0.241 e. The lowest BCUT2D eigenvalue weighted by atomic mass is 10.1. The fourth-order valence-corrected chi connectivity index (χ4v) is 3.87. The van der Waals surface area contributed by atoms with Crippen LogP contribution in [0.1, 0.15) is 51.2 Å². The normalized spacial score (nSPS) is 13.3. The van der Waals surface area contributed by atoms with Crippen LogP contribution >= 0.6 is 0 Å². The summed E-state index contributed by atoms with van der Waals surface area (Å²) in [7, 11) is -3.45. The van der Waals surface area contributed by atoms with Crippen LogP contribution in [0, 0.1) is 6.92 Å². The van der Waals surface area contributed by atoms with Crippen molar-refractivity contribution in [3.63, 3.8) is 0 Å². The molecule has 1 atom stereocenters. The second-order valence-corrected chi connectivity index (χ2v) is 7.17. The summed E-state index contributed by atoms with van der Waals surface area (Å²) in [6.07, 6.45) is 2.97. The van der Waals surface area contributed by atoms with Crippen LogP contribution in [0.25, 0.3) is 0 Å². The molecular formula is C16H28N2O2S. The molecule has 21 heavy (non-hydrogen) atoms. The minimum Gasteiger partial charge on any atom is -0.313 e. The molecule has 0 saturated carbocycles. The summed E-state index contributed by atoms with van der Waals surface area (Å²) < 4.78 is 27.8. The molecule has 0 fully saturated rings. The second kappa shape index (κ2) is 8.51.